The smallest absolute Gasteiger partial charge is 0.0625 e. The summed E-state index contributed by atoms with van der Waals surface area (Å²) in [6.45, 7) is 9.07. The molecule has 1 aliphatic rings. The van der Waals surface area contributed by atoms with E-state index < -0.39 is 0 Å². The summed E-state index contributed by atoms with van der Waals surface area (Å²) in [6.07, 6.45) is 5.16. The van der Waals surface area contributed by atoms with E-state index in [0.717, 1.165) is 13.0 Å². The van der Waals surface area contributed by atoms with Gasteiger partial charge in [0, 0.05) is 26.2 Å². The molecular formula is C15H28N4. The predicted octanol–water partition coefficient (Wildman–Crippen LogP) is 1.95. The lowest BCUT2D eigenvalue weighted by Crippen LogP contribution is -2.41. The molecule has 2 heterocycles. The molecule has 4 heteroatoms. The van der Waals surface area contributed by atoms with Gasteiger partial charge in [-0.25, -0.2) is 0 Å². The Kier molecular flexibility index (Phi) is 5.40. The molecule has 1 atom stereocenters. The van der Waals surface area contributed by atoms with E-state index in [-0.39, 0.29) is 0 Å². The van der Waals surface area contributed by atoms with Crippen molar-refractivity contribution in [3.63, 3.8) is 0 Å². The normalized spacial score (nSPS) is 18.7. The maximum Gasteiger partial charge on any atom is 0.0625 e. The number of piperidine rings is 1. The quantitative estimate of drug-likeness (QED) is 0.852. The molecule has 1 aromatic rings. The molecule has 19 heavy (non-hydrogen) atoms. The highest BCUT2D eigenvalue weighted by Gasteiger charge is 2.13. The van der Waals surface area contributed by atoms with Crippen LogP contribution in [0.4, 0.5) is 0 Å². The van der Waals surface area contributed by atoms with Gasteiger partial charge in [-0.3, -0.25) is 4.68 Å². The Hall–Kier alpha value is -0.870. The van der Waals surface area contributed by atoms with Crippen molar-refractivity contribution in [2.45, 2.75) is 52.1 Å². The highest BCUT2D eigenvalue weighted by Crippen LogP contribution is 2.09. The minimum atomic E-state index is 0.540. The second-order valence-corrected chi connectivity index (χ2v) is 5.75. The minimum Gasteiger partial charge on any atom is -0.307 e. The highest BCUT2D eigenvalue weighted by molar-refractivity contribution is 5.10. The maximum absolute atomic E-state index is 4.49. The van der Waals surface area contributed by atoms with Crippen LogP contribution in [0, 0.1) is 0 Å². The molecule has 0 aromatic carbocycles. The van der Waals surface area contributed by atoms with Gasteiger partial charge in [0.2, 0.25) is 0 Å². The molecule has 0 radical (unpaired) electrons. The second-order valence-electron chi connectivity index (χ2n) is 5.75. The first kappa shape index (κ1) is 14.5. The van der Waals surface area contributed by atoms with Gasteiger partial charge in [-0.05, 0) is 45.3 Å². The number of nitrogens with one attached hydrogen (secondary N) is 1. The summed E-state index contributed by atoms with van der Waals surface area (Å²) in [6, 6.07) is 2.75. The van der Waals surface area contributed by atoms with Crippen molar-refractivity contribution in [1.29, 1.82) is 0 Å². The average molecular weight is 264 g/mol. The van der Waals surface area contributed by atoms with E-state index in [1.165, 1.54) is 50.3 Å². The monoisotopic (exact) mass is 264 g/mol. The van der Waals surface area contributed by atoms with Crippen LogP contribution in [0.15, 0.2) is 6.07 Å². The lowest BCUT2D eigenvalue weighted by atomic mass is 10.1. The second kappa shape index (κ2) is 7.06. The van der Waals surface area contributed by atoms with Gasteiger partial charge < -0.3 is 10.2 Å². The molecule has 4 nitrogen and oxygen atoms in total. The number of nitrogens with zero attached hydrogens (tertiary/aromatic N) is 3. The molecule has 2 rings (SSSR count). The van der Waals surface area contributed by atoms with Gasteiger partial charge in [0.15, 0.2) is 0 Å². The van der Waals surface area contributed by atoms with E-state index in [1.807, 2.05) is 11.7 Å². The number of hydrogen-bond donors (Lipinski definition) is 1. The van der Waals surface area contributed by atoms with Crippen molar-refractivity contribution in [1.82, 2.24) is 20.0 Å². The third kappa shape index (κ3) is 4.32. The van der Waals surface area contributed by atoms with E-state index in [1.54, 1.807) is 0 Å². The largest absolute Gasteiger partial charge is 0.307 e. The number of hydrogen-bond acceptors (Lipinski definition) is 3. The van der Waals surface area contributed by atoms with E-state index in [2.05, 4.69) is 35.2 Å². The molecule has 1 aliphatic heterocycles. The molecule has 1 fully saturated rings. The Morgan fingerprint density at radius 2 is 2.05 bits per heavy atom. The zero-order chi connectivity index (χ0) is 13.7. The van der Waals surface area contributed by atoms with Crippen molar-refractivity contribution in [2.75, 3.05) is 19.6 Å². The van der Waals surface area contributed by atoms with Gasteiger partial charge >= 0.3 is 0 Å². The van der Waals surface area contributed by atoms with Crippen molar-refractivity contribution in [3.8, 4) is 0 Å². The molecule has 0 bridgehead atoms. The molecule has 0 spiro atoms. The van der Waals surface area contributed by atoms with Gasteiger partial charge in [0.05, 0.1) is 11.4 Å². The fraction of sp³-hybridized carbons (Fsp3) is 0.800. The zero-order valence-corrected chi connectivity index (χ0v) is 12.7. The first-order chi connectivity index (χ1) is 9.19. The first-order valence-corrected chi connectivity index (χ1v) is 7.66. The third-order valence-electron chi connectivity index (χ3n) is 4.00. The van der Waals surface area contributed by atoms with Crippen LogP contribution in [0.3, 0.4) is 0 Å². The van der Waals surface area contributed by atoms with Crippen LogP contribution >= 0.6 is 0 Å². The molecule has 1 saturated heterocycles. The molecule has 1 N–H and O–H groups in total. The van der Waals surface area contributed by atoms with Gasteiger partial charge in [0.1, 0.15) is 0 Å². The maximum atomic E-state index is 4.49. The lowest BCUT2D eigenvalue weighted by Gasteiger charge is -2.29. The molecule has 0 amide bonds. The Morgan fingerprint density at radius 1 is 1.32 bits per heavy atom. The zero-order valence-electron chi connectivity index (χ0n) is 12.7. The van der Waals surface area contributed by atoms with E-state index in [4.69, 9.17) is 0 Å². The van der Waals surface area contributed by atoms with Gasteiger partial charge in [-0.1, -0.05) is 13.3 Å². The first-order valence-electron chi connectivity index (χ1n) is 7.66. The molecule has 0 aliphatic carbocycles. The standard InChI is InChI=1S/C15H28N4/c1-4-14-10-15(18(3)17-14)11-16-13(2)12-19-8-6-5-7-9-19/h10,13,16H,4-9,11-12H2,1-3H3. The predicted molar refractivity (Wildman–Crippen MR) is 79.2 cm³/mol. The van der Waals surface area contributed by atoms with Gasteiger partial charge in [-0.15, -0.1) is 0 Å². The van der Waals surface area contributed by atoms with Crippen molar-refractivity contribution in [2.24, 2.45) is 7.05 Å². The SMILES string of the molecule is CCc1cc(CNC(C)CN2CCCCC2)n(C)n1. The Bertz CT molecular complexity index is 379. The van der Waals surface area contributed by atoms with Crippen molar-refractivity contribution >= 4 is 0 Å². The fourth-order valence-corrected chi connectivity index (χ4v) is 2.78. The molecule has 108 valence electrons. The van der Waals surface area contributed by atoms with Crippen molar-refractivity contribution in [3.05, 3.63) is 17.5 Å². The Morgan fingerprint density at radius 3 is 2.68 bits per heavy atom. The van der Waals surface area contributed by atoms with Gasteiger partial charge in [-0.2, -0.15) is 5.10 Å². The highest BCUT2D eigenvalue weighted by atomic mass is 15.3. The topological polar surface area (TPSA) is 33.1 Å². The van der Waals surface area contributed by atoms with Crippen molar-refractivity contribution < 1.29 is 0 Å². The summed E-state index contributed by atoms with van der Waals surface area (Å²) in [5.74, 6) is 0. The summed E-state index contributed by atoms with van der Waals surface area (Å²) in [5, 5.41) is 8.11. The number of aryl methyl sites for hydroxylation is 2. The van der Waals surface area contributed by atoms with Crippen LogP contribution in [0.1, 0.15) is 44.5 Å². The van der Waals surface area contributed by atoms with Crippen LogP contribution in [0.25, 0.3) is 0 Å². The number of likely N-dealkylation sites (tertiary alicyclic amines) is 1. The molecular weight excluding hydrogens is 236 g/mol. The molecule has 0 saturated carbocycles. The van der Waals surface area contributed by atoms with Gasteiger partial charge in [0.25, 0.3) is 0 Å². The fourth-order valence-electron chi connectivity index (χ4n) is 2.78. The lowest BCUT2D eigenvalue weighted by molar-refractivity contribution is 0.208. The molecule has 1 unspecified atom stereocenters. The van der Waals surface area contributed by atoms with Crippen LogP contribution < -0.4 is 5.32 Å². The number of aromatic nitrogens is 2. The summed E-state index contributed by atoms with van der Waals surface area (Å²) in [4.78, 5) is 2.59. The summed E-state index contributed by atoms with van der Waals surface area (Å²) in [5.41, 5.74) is 2.46. The summed E-state index contributed by atoms with van der Waals surface area (Å²) < 4.78 is 2.00. The van der Waals surface area contributed by atoms with E-state index in [9.17, 15) is 0 Å². The molecule has 1 aromatic heterocycles. The Labute approximate surface area is 117 Å². The van der Waals surface area contributed by atoms with Crippen LogP contribution in [-0.4, -0.2) is 40.4 Å². The number of rotatable bonds is 6. The minimum absolute atomic E-state index is 0.540. The van der Waals surface area contributed by atoms with E-state index >= 15 is 0 Å². The summed E-state index contributed by atoms with van der Waals surface area (Å²) >= 11 is 0. The van der Waals surface area contributed by atoms with Crippen LogP contribution in [0.5, 0.6) is 0 Å². The third-order valence-corrected chi connectivity index (χ3v) is 4.00. The average Bonchev–Trinajstić information content (AvgIpc) is 2.78. The Balaban J connectivity index is 1.75. The van der Waals surface area contributed by atoms with Crippen LogP contribution in [-0.2, 0) is 20.0 Å². The van der Waals surface area contributed by atoms with E-state index in [0.29, 0.717) is 6.04 Å². The van der Waals surface area contributed by atoms with Crippen LogP contribution in [0.2, 0.25) is 0 Å². The summed E-state index contributed by atoms with van der Waals surface area (Å²) in [7, 11) is 2.03.